The molecule has 0 bridgehead atoms. The lowest BCUT2D eigenvalue weighted by atomic mass is 9.85. The summed E-state index contributed by atoms with van der Waals surface area (Å²) < 4.78 is 0. The van der Waals surface area contributed by atoms with Crippen LogP contribution >= 0.6 is 11.3 Å². The molecular formula is C21H23NO5S. The Labute approximate surface area is 167 Å². The third-order valence-corrected chi connectivity index (χ3v) is 6.37. The minimum atomic E-state index is -1.06. The van der Waals surface area contributed by atoms with Gasteiger partial charge in [-0.05, 0) is 37.3 Å². The zero-order chi connectivity index (χ0) is 20.3. The van der Waals surface area contributed by atoms with Crippen molar-refractivity contribution in [3.8, 4) is 10.4 Å². The number of benzene rings is 1. The van der Waals surface area contributed by atoms with Gasteiger partial charge in [-0.15, -0.1) is 11.3 Å². The second kappa shape index (κ2) is 8.56. The van der Waals surface area contributed by atoms with Gasteiger partial charge in [0.05, 0.1) is 11.6 Å². The average Bonchev–Trinajstić information content (AvgIpc) is 3.14. The molecule has 28 heavy (non-hydrogen) atoms. The number of aromatic carboxylic acids is 1. The van der Waals surface area contributed by atoms with Gasteiger partial charge in [-0.25, -0.2) is 4.79 Å². The van der Waals surface area contributed by atoms with Crippen molar-refractivity contribution in [2.45, 2.75) is 45.1 Å². The van der Waals surface area contributed by atoms with E-state index in [2.05, 4.69) is 0 Å². The fourth-order valence-corrected chi connectivity index (χ4v) is 4.74. The molecule has 0 atom stereocenters. The van der Waals surface area contributed by atoms with Crippen molar-refractivity contribution in [3.63, 3.8) is 0 Å². The molecule has 148 valence electrons. The summed E-state index contributed by atoms with van der Waals surface area (Å²) in [6.45, 7) is 1.75. The van der Waals surface area contributed by atoms with Crippen molar-refractivity contribution in [2.75, 3.05) is 4.90 Å². The third-order valence-electron chi connectivity index (χ3n) is 5.21. The molecule has 0 aliphatic heterocycles. The fraction of sp³-hybridized carbons (Fsp3) is 0.381. The highest BCUT2D eigenvalue weighted by Crippen LogP contribution is 2.40. The summed E-state index contributed by atoms with van der Waals surface area (Å²) in [5, 5.41) is 19.0. The predicted molar refractivity (Wildman–Crippen MR) is 108 cm³/mol. The number of carboxylic acid groups (broad SMARTS) is 2. The summed E-state index contributed by atoms with van der Waals surface area (Å²) in [4.78, 5) is 38.4. The number of carboxylic acids is 2. The van der Waals surface area contributed by atoms with E-state index in [4.69, 9.17) is 0 Å². The Kier molecular flexibility index (Phi) is 6.14. The number of aliphatic carboxylic acids is 1. The number of thiophene rings is 1. The zero-order valence-electron chi connectivity index (χ0n) is 15.6. The van der Waals surface area contributed by atoms with Crippen LogP contribution in [0.4, 0.5) is 5.69 Å². The first-order valence-electron chi connectivity index (χ1n) is 9.39. The number of carbonyl (C=O) groups excluding carboxylic acids is 1. The number of nitrogens with zero attached hydrogens (tertiary/aromatic N) is 1. The van der Waals surface area contributed by atoms with Crippen LogP contribution in [-0.4, -0.2) is 34.1 Å². The highest BCUT2D eigenvalue weighted by molar-refractivity contribution is 7.18. The maximum atomic E-state index is 12.8. The van der Waals surface area contributed by atoms with E-state index < -0.39 is 17.9 Å². The van der Waals surface area contributed by atoms with E-state index in [1.165, 1.54) is 0 Å². The highest BCUT2D eigenvalue weighted by Gasteiger charge is 2.34. The van der Waals surface area contributed by atoms with E-state index in [1.54, 1.807) is 17.9 Å². The number of hydrogen-bond donors (Lipinski definition) is 2. The van der Waals surface area contributed by atoms with Gasteiger partial charge in [-0.1, -0.05) is 37.3 Å². The standard InChI is InChI=1S/C21H23NO5S/c1-2-18(23)22(15-10-8-14(9-11-15)20(24)25)16-12-17(28-19(16)21(26)27)13-6-4-3-5-7-13/h3-7,12,14-15H,2,8-11H2,1H3,(H,24,25)(H,26,27)/t14-,15+. The summed E-state index contributed by atoms with van der Waals surface area (Å²) in [6.07, 6.45) is 2.35. The van der Waals surface area contributed by atoms with Crippen molar-refractivity contribution in [2.24, 2.45) is 5.92 Å². The average molecular weight is 401 g/mol. The first-order chi connectivity index (χ1) is 13.4. The zero-order valence-corrected chi connectivity index (χ0v) is 16.4. The van der Waals surface area contributed by atoms with Gasteiger partial charge in [0.15, 0.2) is 0 Å². The molecule has 0 spiro atoms. The maximum absolute atomic E-state index is 12.8. The summed E-state index contributed by atoms with van der Waals surface area (Å²) in [5.41, 5.74) is 1.32. The van der Waals surface area contributed by atoms with Gasteiger partial charge in [-0.3, -0.25) is 9.59 Å². The van der Waals surface area contributed by atoms with Gasteiger partial charge in [-0.2, -0.15) is 0 Å². The Hall–Kier alpha value is -2.67. The van der Waals surface area contributed by atoms with Crippen LogP contribution in [0, 0.1) is 5.92 Å². The molecule has 0 radical (unpaired) electrons. The maximum Gasteiger partial charge on any atom is 0.348 e. The monoisotopic (exact) mass is 401 g/mol. The molecule has 1 aliphatic carbocycles. The van der Waals surface area contributed by atoms with E-state index in [0.29, 0.717) is 31.4 Å². The molecule has 1 fully saturated rings. The first kappa shape index (κ1) is 20.1. The van der Waals surface area contributed by atoms with Crippen LogP contribution < -0.4 is 4.90 Å². The normalized spacial score (nSPS) is 19.2. The van der Waals surface area contributed by atoms with Crippen LogP contribution in [-0.2, 0) is 9.59 Å². The quantitative estimate of drug-likeness (QED) is 0.743. The lowest BCUT2D eigenvalue weighted by Gasteiger charge is -2.35. The van der Waals surface area contributed by atoms with Gasteiger partial charge >= 0.3 is 11.9 Å². The third kappa shape index (κ3) is 4.09. The first-order valence-corrected chi connectivity index (χ1v) is 10.2. The van der Waals surface area contributed by atoms with Crippen LogP contribution in [0.25, 0.3) is 10.4 Å². The van der Waals surface area contributed by atoms with Gasteiger partial charge < -0.3 is 15.1 Å². The van der Waals surface area contributed by atoms with Crippen molar-refractivity contribution >= 4 is 34.9 Å². The van der Waals surface area contributed by atoms with Crippen LogP contribution in [0.15, 0.2) is 36.4 Å². The molecule has 7 heteroatoms. The lowest BCUT2D eigenvalue weighted by Crippen LogP contribution is -2.43. The second-order valence-corrected chi connectivity index (χ2v) is 8.01. The summed E-state index contributed by atoms with van der Waals surface area (Å²) in [7, 11) is 0. The fourth-order valence-electron chi connectivity index (χ4n) is 3.74. The minimum Gasteiger partial charge on any atom is -0.481 e. The second-order valence-electron chi connectivity index (χ2n) is 6.96. The van der Waals surface area contributed by atoms with Crippen LogP contribution in [0.2, 0.25) is 0 Å². The lowest BCUT2D eigenvalue weighted by molar-refractivity contribution is -0.142. The van der Waals surface area contributed by atoms with Crippen LogP contribution in [0.5, 0.6) is 0 Å². The number of carbonyl (C=O) groups is 3. The molecule has 1 amide bonds. The van der Waals surface area contributed by atoms with Gasteiger partial charge in [0.2, 0.25) is 5.91 Å². The summed E-state index contributed by atoms with van der Waals surface area (Å²) in [5.74, 6) is -2.40. The van der Waals surface area contributed by atoms with Crippen molar-refractivity contribution in [1.29, 1.82) is 0 Å². The molecule has 1 aromatic heterocycles. The number of rotatable bonds is 6. The summed E-state index contributed by atoms with van der Waals surface area (Å²) in [6, 6.07) is 11.1. The van der Waals surface area contributed by atoms with E-state index in [-0.39, 0.29) is 23.2 Å². The van der Waals surface area contributed by atoms with Crippen molar-refractivity contribution in [3.05, 3.63) is 41.3 Å². The van der Waals surface area contributed by atoms with Gasteiger partial charge in [0, 0.05) is 17.3 Å². The van der Waals surface area contributed by atoms with Crippen molar-refractivity contribution < 1.29 is 24.6 Å². The SMILES string of the molecule is CCC(=O)N(c1cc(-c2ccccc2)sc1C(=O)O)[C@H]1CC[C@@H](C(=O)O)CC1. The molecule has 6 nitrogen and oxygen atoms in total. The predicted octanol–water partition coefficient (Wildman–Crippen LogP) is 4.50. The van der Waals surface area contributed by atoms with E-state index >= 15 is 0 Å². The van der Waals surface area contributed by atoms with Crippen molar-refractivity contribution in [1.82, 2.24) is 0 Å². The summed E-state index contributed by atoms with van der Waals surface area (Å²) >= 11 is 1.16. The molecule has 3 rings (SSSR count). The molecule has 0 saturated heterocycles. The smallest absolute Gasteiger partial charge is 0.348 e. The molecule has 1 aromatic carbocycles. The van der Waals surface area contributed by atoms with Gasteiger partial charge in [0.25, 0.3) is 0 Å². The Morgan fingerprint density at radius 1 is 1.07 bits per heavy atom. The number of hydrogen-bond acceptors (Lipinski definition) is 4. The van der Waals surface area contributed by atoms with Crippen LogP contribution in [0.1, 0.15) is 48.7 Å². The molecule has 2 N–H and O–H groups in total. The molecule has 1 saturated carbocycles. The molecule has 1 aliphatic rings. The van der Waals surface area contributed by atoms with E-state index in [0.717, 1.165) is 21.8 Å². The number of anilines is 1. The molecule has 1 heterocycles. The Bertz CT molecular complexity index is 868. The number of amides is 1. The molecule has 2 aromatic rings. The van der Waals surface area contributed by atoms with E-state index in [9.17, 15) is 24.6 Å². The Balaban J connectivity index is 1.98. The molecular weight excluding hydrogens is 378 g/mol. The Morgan fingerprint density at radius 3 is 2.25 bits per heavy atom. The Morgan fingerprint density at radius 2 is 1.71 bits per heavy atom. The molecule has 0 unspecified atom stereocenters. The minimum absolute atomic E-state index is 0.140. The largest absolute Gasteiger partial charge is 0.481 e. The van der Waals surface area contributed by atoms with Gasteiger partial charge in [0.1, 0.15) is 4.88 Å². The topological polar surface area (TPSA) is 94.9 Å². The highest BCUT2D eigenvalue weighted by atomic mass is 32.1. The van der Waals surface area contributed by atoms with E-state index in [1.807, 2.05) is 30.3 Å². The van der Waals surface area contributed by atoms with Crippen LogP contribution in [0.3, 0.4) is 0 Å².